The van der Waals surface area contributed by atoms with E-state index in [0.717, 1.165) is 30.3 Å². The highest BCUT2D eigenvalue weighted by atomic mass is 16.5. The zero-order valence-corrected chi connectivity index (χ0v) is 17.2. The molecule has 0 aromatic rings. The summed E-state index contributed by atoms with van der Waals surface area (Å²) in [5, 5.41) is 0. The van der Waals surface area contributed by atoms with Crippen LogP contribution in [0.5, 0.6) is 0 Å². The topological polar surface area (TPSA) is 9.23 Å². The number of fused-ring (bicyclic) bond motifs is 5. The van der Waals surface area contributed by atoms with Crippen LogP contribution in [0.25, 0.3) is 0 Å². The lowest BCUT2D eigenvalue weighted by Crippen LogP contribution is -2.51. The van der Waals surface area contributed by atoms with Crippen LogP contribution in [0.4, 0.5) is 0 Å². The molecule has 0 saturated heterocycles. The molecule has 0 radical (unpaired) electrons. The molecular formula is C24H40O. The maximum Gasteiger partial charge on any atom is 0.0653 e. The molecule has 4 aliphatic rings. The zero-order chi connectivity index (χ0) is 17.7. The second-order valence-corrected chi connectivity index (χ2v) is 10.8. The molecule has 1 nitrogen and oxygen atoms in total. The van der Waals surface area contributed by atoms with Crippen molar-refractivity contribution in [2.24, 2.45) is 34.5 Å². The third-order valence-electron chi connectivity index (χ3n) is 9.14. The van der Waals surface area contributed by atoms with Crippen LogP contribution in [-0.2, 0) is 4.74 Å². The predicted molar refractivity (Wildman–Crippen MR) is 106 cm³/mol. The summed E-state index contributed by atoms with van der Waals surface area (Å²) in [6, 6.07) is 0. The average molecular weight is 345 g/mol. The third kappa shape index (κ3) is 3.13. The van der Waals surface area contributed by atoms with Crippen molar-refractivity contribution in [2.75, 3.05) is 6.61 Å². The molecule has 0 aromatic heterocycles. The van der Waals surface area contributed by atoms with Gasteiger partial charge in [0.25, 0.3) is 0 Å². The Kier molecular flexibility index (Phi) is 4.84. The number of hydrogen-bond acceptors (Lipinski definition) is 1. The second kappa shape index (κ2) is 6.70. The minimum Gasteiger partial charge on any atom is -0.374 e. The van der Waals surface area contributed by atoms with E-state index < -0.39 is 0 Å². The molecule has 4 aliphatic carbocycles. The minimum atomic E-state index is 0.515. The van der Waals surface area contributed by atoms with Crippen molar-refractivity contribution < 1.29 is 4.74 Å². The van der Waals surface area contributed by atoms with Crippen molar-refractivity contribution in [2.45, 2.75) is 98.0 Å². The smallest absolute Gasteiger partial charge is 0.0653 e. The van der Waals surface area contributed by atoms with Gasteiger partial charge in [-0.15, -0.1) is 0 Å². The van der Waals surface area contributed by atoms with Crippen molar-refractivity contribution >= 4 is 0 Å². The van der Waals surface area contributed by atoms with Gasteiger partial charge in [-0.05, 0) is 99.7 Å². The molecule has 0 aliphatic heterocycles. The Hall–Kier alpha value is -0.300. The molecule has 4 rings (SSSR count). The largest absolute Gasteiger partial charge is 0.374 e. The van der Waals surface area contributed by atoms with Crippen LogP contribution in [0.2, 0.25) is 0 Å². The highest BCUT2D eigenvalue weighted by Crippen LogP contribution is 2.66. The Morgan fingerprint density at radius 2 is 1.84 bits per heavy atom. The fraction of sp³-hybridized carbons (Fsp3) is 0.917. The van der Waals surface area contributed by atoms with E-state index in [2.05, 4.69) is 33.8 Å². The number of hydrogen-bond donors (Lipinski definition) is 0. The molecule has 1 heteroatoms. The molecular weight excluding hydrogens is 304 g/mol. The van der Waals surface area contributed by atoms with Gasteiger partial charge in [-0.2, -0.15) is 0 Å². The summed E-state index contributed by atoms with van der Waals surface area (Å²) >= 11 is 0. The molecule has 0 aromatic carbocycles. The van der Waals surface area contributed by atoms with Crippen LogP contribution < -0.4 is 0 Å². The Morgan fingerprint density at radius 3 is 2.64 bits per heavy atom. The standard InChI is InChI=1S/C24H40O/c1-17(2)11-14-25-19-15-22-20-9-8-18-7-5-6-12-24(18,4)21(20)10-13-23(22,3)16-19/h11,18-22H,5-10,12-16H2,1-4H3/t18-,19+,20-,21+,22+,23-,24+/m1/s1. The van der Waals surface area contributed by atoms with Crippen molar-refractivity contribution in [1.29, 1.82) is 0 Å². The number of ether oxygens (including phenoxy) is 1. The molecule has 4 fully saturated rings. The number of rotatable bonds is 3. The van der Waals surface area contributed by atoms with Crippen molar-refractivity contribution in [3.63, 3.8) is 0 Å². The van der Waals surface area contributed by atoms with Gasteiger partial charge in [0.2, 0.25) is 0 Å². The summed E-state index contributed by atoms with van der Waals surface area (Å²) in [5.74, 6) is 3.98. The molecule has 0 spiro atoms. The lowest BCUT2D eigenvalue weighted by Gasteiger charge is -2.60. The highest BCUT2D eigenvalue weighted by Gasteiger charge is 2.58. The van der Waals surface area contributed by atoms with Crippen LogP contribution in [0.15, 0.2) is 11.6 Å². The fourth-order valence-corrected chi connectivity index (χ4v) is 7.77. The summed E-state index contributed by atoms with van der Waals surface area (Å²) < 4.78 is 6.31. The summed E-state index contributed by atoms with van der Waals surface area (Å²) in [5.41, 5.74) is 2.61. The van der Waals surface area contributed by atoms with Crippen LogP contribution in [0.1, 0.15) is 91.9 Å². The number of allylic oxidation sites excluding steroid dienone is 1. The van der Waals surface area contributed by atoms with E-state index in [0.29, 0.717) is 16.9 Å². The van der Waals surface area contributed by atoms with Gasteiger partial charge in [0.1, 0.15) is 0 Å². The summed E-state index contributed by atoms with van der Waals surface area (Å²) in [7, 11) is 0. The van der Waals surface area contributed by atoms with E-state index in [9.17, 15) is 0 Å². The maximum atomic E-state index is 6.31. The SMILES string of the molecule is CC(C)=CCO[C@H]1C[C@H]2[C@@H]3CC[C@H]4CCCC[C@]4(C)[C@H]3CC[C@]2(C)C1. The van der Waals surface area contributed by atoms with Gasteiger partial charge >= 0.3 is 0 Å². The normalized spacial score (nSPS) is 49.0. The van der Waals surface area contributed by atoms with Crippen molar-refractivity contribution in [3.05, 3.63) is 11.6 Å². The molecule has 0 N–H and O–H groups in total. The van der Waals surface area contributed by atoms with Crippen LogP contribution in [0, 0.1) is 34.5 Å². The van der Waals surface area contributed by atoms with E-state index in [1.165, 1.54) is 69.8 Å². The Balaban J connectivity index is 1.48. The first-order chi connectivity index (χ1) is 11.9. The molecule has 0 amide bonds. The lowest BCUT2D eigenvalue weighted by atomic mass is 9.45. The summed E-state index contributed by atoms with van der Waals surface area (Å²) in [6.45, 7) is 10.5. The maximum absolute atomic E-state index is 6.31. The van der Waals surface area contributed by atoms with E-state index in [4.69, 9.17) is 4.74 Å². The second-order valence-electron chi connectivity index (χ2n) is 10.8. The Labute approximate surface area is 156 Å². The van der Waals surface area contributed by atoms with Gasteiger partial charge in [0, 0.05) is 0 Å². The van der Waals surface area contributed by atoms with Crippen molar-refractivity contribution in [1.82, 2.24) is 0 Å². The first kappa shape index (κ1) is 18.1. The van der Waals surface area contributed by atoms with E-state index in [1.807, 2.05) is 0 Å². The minimum absolute atomic E-state index is 0.515. The van der Waals surface area contributed by atoms with Gasteiger partial charge in [-0.1, -0.05) is 38.3 Å². The summed E-state index contributed by atoms with van der Waals surface area (Å²) in [6.07, 6.45) is 17.5. The first-order valence-electron chi connectivity index (χ1n) is 11.2. The van der Waals surface area contributed by atoms with Gasteiger partial charge in [0.15, 0.2) is 0 Å². The molecule has 0 heterocycles. The summed E-state index contributed by atoms with van der Waals surface area (Å²) in [4.78, 5) is 0. The third-order valence-corrected chi connectivity index (χ3v) is 9.14. The quantitative estimate of drug-likeness (QED) is 0.513. The van der Waals surface area contributed by atoms with Crippen LogP contribution in [0.3, 0.4) is 0 Å². The molecule has 7 atom stereocenters. The van der Waals surface area contributed by atoms with Gasteiger partial charge in [-0.3, -0.25) is 0 Å². The van der Waals surface area contributed by atoms with E-state index >= 15 is 0 Å². The zero-order valence-electron chi connectivity index (χ0n) is 17.2. The first-order valence-corrected chi connectivity index (χ1v) is 11.2. The van der Waals surface area contributed by atoms with Gasteiger partial charge in [0.05, 0.1) is 12.7 Å². The highest BCUT2D eigenvalue weighted by molar-refractivity contribution is 5.08. The molecule has 25 heavy (non-hydrogen) atoms. The lowest BCUT2D eigenvalue weighted by molar-refractivity contribution is -0.103. The van der Waals surface area contributed by atoms with Crippen LogP contribution in [-0.4, -0.2) is 12.7 Å². The predicted octanol–water partition coefficient (Wildman–Crippen LogP) is 6.77. The molecule has 0 unspecified atom stereocenters. The van der Waals surface area contributed by atoms with Crippen LogP contribution >= 0.6 is 0 Å². The van der Waals surface area contributed by atoms with Crippen molar-refractivity contribution in [3.8, 4) is 0 Å². The Bertz CT molecular complexity index is 518. The monoisotopic (exact) mass is 344 g/mol. The molecule has 142 valence electrons. The van der Waals surface area contributed by atoms with E-state index in [1.54, 1.807) is 0 Å². The van der Waals surface area contributed by atoms with Gasteiger partial charge < -0.3 is 4.74 Å². The van der Waals surface area contributed by atoms with Gasteiger partial charge in [-0.25, -0.2) is 0 Å². The average Bonchev–Trinajstić information content (AvgIpc) is 2.90. The fourth-order valence-electron chi connectivity index (χ4n) is 7.77. The molecule has 4 saturated carbocycles. The van der Waals surface area contributed by atoms with E-state index in [-0.39, 0.29) is 0 Å². The molecule has 0 bridgehead atoms. The Morgan fingerprint density at radius 1 is 1.00 bits per heavy atom.